The molecule has 5 heteroatoms. The Bertz CT molecular complexity index is 920. The second-order valence-corrected chi connectivity index (χ2v) is 8.46. The molecule has 0 aliphatic heterocycles. The van der Waals surface area contributed by atoms with Crippen molar-refractivity contribution in [2.75, 3.05) is 11.1 Å². The lowest BCUT2D eigenvalue weighted by atomic mass is 9.98. The highest BCUT2D eigenvalue weighted by molar-refractivity contribution is 8.01. The minimum absolute atomic E-state index is 0.0964. The average molecular weight is 419 g/mol. The molecule has 1 atom stereocenters. The van der Waals surface area contributed by atoms with Crippen LogP contribution >= 0.6 is 11.8 Å². The Hall–Kier alpha value is -3.05. The molecule has 2 amide bonds. The van der Waals surface area contributed by atoms with Gasteiger partial charge in [0, 0.05) is 5.69 Å². The molecule has 154 valence electrons. The molecule has 30 heavy (non-hydrogen) atoms. The molecule has 3 aromatic carbocycles. The minimum Gasteiger partial charge on any atom is -0.344 e. The molecule has 3 rings (SSSR count). The molecule has 0 bridgehead atoms. The molecular formula is C25H26N2O2S. The number of rotatable bonds is 8. The zero-order valence-electron chi connectivity index (χ0n) is 17.2. The van der Waals surface area contributed by atoms with E-state index in [2.05, 4.69) is 10.6 Å². The standard InChI is InChI=1S/C25H26N2O2S/c1-18-13-15-22(16-14-18)26-23(28)17-30-19(2)25(29)27-24(20-9-5-3-6-10-20)21-11-7-4-8-12-21/h3-16,19,24H,17H2,1-2H3,(H,26,28)(H,27,29)/t19-/m1/s1. The van der Waals surface area contributed by atoms with Gasteiger partial charge in [-0.05, 0) is 37.1 Å². The van der Waals surface area contributed by atoms with E-state index in [1.165, 1.54) is 11.8 Å². The molecule has 0 aliphatic carbocycles. The van der Waals surface area contributed by atoms with Crippen molar-refractivity contribution in [3.8, 4) is 0 Å². The molecule has 0 aliphatic rings. The highest BCUT2D eigenvalue weighted by atomic mass is 32.2. The van der Waals surface area contributed by atoms with Gasteiger partial charge in [0.2, 0.25) is 11.8 Å². The fourth-order valence-corrected chi connectivity index (χ4v) is 3.71. The van der Waals surface area contributed by atoms with E-state index in [1.54, 1.807) is 0 Å². The third kappa shape index (κ3) is 6.22. The summed E-state index contributed by atoms with van der Waals surface area (Å²) in [6.07, 6.45) is 0. The summed E-state index contributed by atoms with van der Waals surface area (Å²) in [5.74, 6) is -0.00362. The molecule has 0 unspecified atom stereocenters. The van der Waals surface area contributed by atoms with Crippen molar-refractivity contribution < 1.29 is 9.59 Å². The third-order valence-electron chi connectivity index (χ3n) is 4.72. The first kappa shape index (κ1) is 21.7. The van der Waals surface area contributed by atoms with E-state index < -0.39 is 0 Å². The van der Waals surface area contributed by atoms with Crippen molar-refractivity contribution >= 4 is 29.3 Å². The van der Waals surface area contributed by atoms with E-state index in [9.17, 15) is 9.59 Å². The van der Waals surface area contributed by atoms with Crippen LogP contribution in [-0.4, -0.2) is 22.8 Å². The Balaban J connectivity index is 1.58. The second-order valence-electron chi connectivity index (χ2n) is 7.13. The van der Waals surface area contributed by atoms with Gasteiger partial charge in [-0.15, -0.1) is 11.8 Å². The molecule has 0 saturated heterocycles. The second kappa shape index (κ2) is 10.6. The van der Waals surface area contributed by atoms with Crippen molar-refractivity contribution in [2.45, 2.75) is 25.1 Å². The van der Waals surface area contributed by atoms with Gasteiger partial charge in [0.15, 0.2) is 0 Å². The molecule has 0 spiro atoms. The maximum Gasteiger partial charge on any atom is 0.234 e. The van der Waals surface area contributed by atoms with Gasteiger partial charge in [0.1, 0.15) is 0 Å². The maximum atomic E-state index is 12.8. The normalized spacial score (nSPS) is 11.7. The zero-order chi connectivity index (χ0) is 21.3. The Morgan fingerprint density at radius 1 is 0.833 bits per heavy atom. The third-order valence-corrected chi connectivity index (χ3v) is 5.86. The zero-order valence-corrected chi connectivity index (χ0v) is 18.0. The number of aryl methyl sites for hydroxylation is 1. The first-order chi connectivity index (χ1) is 14.5. The fourth-order valence-electron chi connectivity index (χ4n) is 3.02. The van der Waals surface area contributed by atoms with E-state index in [-0.39, 0.29) is 28.9 Å². The van der Waals surface area contributed by atoms with Gasteiger partial charge < -0.3 is 10.6 Å². The summed E-state index contributed by atoms with van der Waals surface area (Å²) in [6.45, 7) is 3.83. The summed E-state index contributed by atoms with van der Waals surface area (Å²) < 4.78 is 0. The maximum absolute atomic E-state index is 12.8. The van der Waals surface area contributed by atoms with Crippen molar-refractivity contribution in [1.82, 2.24) is 5.32 Å². The van der Waals surface area contributed by atoms with Crippen LogP contribution < -0.4 is 10.6 Å². The van der Waals surface area contributed by atoms with Gasteiger partial charge in [-0.2, -0.15) is 0 Å². The van der Waals surface area contributed by atoms with E-state index in [4.69, 9.17) is 0 Å². The van der Waals surface area contributed by atoms with E-state index >= 15 is 0 Å². The van der Waals surface area contributed by atoms with Gasteiger partial charge in [-0.1, -0.05) is 78.4 Å². The summed E-state index contributed by atoms with van der Waals surface area (Å²) in [6, 6.07) is 27.2. The minimum atomic E-state index is -0.358. The van der Waals surface area contributed by atoms with E-state index in [1.807, 2.05) is 98.8 Å². The lowest BCUT2D eigenvalue weighted by molar-refractivity contribution is -0.120. The number of thioether (sulfide) groups is 1. The number of hydrogen-bond donors (Lipinski definition) is 2. The number of carbonyl (C=O) groups excluding carboxylic acids is 2. The lowest BCUT2D eigenvalue weighted by Crippen LogP contribution is -2.35. The first-order valence-corrected chi connectivity index (χ1v) is 11.0. The van der Waals surface area contributed by atoms with Crippen LogP contribution in [0.2, 0.25) is 0 Å². The molecule has 0 saturated carbocycles. The quantitative estimate of drug-likeness (QED) is 0.544. The molecule has 0 aromatic heterocycles. The highest BCUT2D eigenvalue weighted by Crippen LogP contribution is 2.23. The largest absolute Gasteiger partial charge is 0.344 e. The number of carbonyl (C=O) groups is 2. The average Bonchev–Trinajstić information content (AvgIpc) is 2.78. The smallest absolute Gasteiger partial charge is 0.234 e. The molecule has 0 fully saturated rings. The summed E-state index contributed by atoms with van der Waals surface area (Å²) in [4.78, 5) is 25.1. The Morgan fingerprint density at radius 2 is 1.37 bits per heavy atom. The Kier molecular flexibility index (Phi) is 7.69. The molecule has 2 N–H and O–H groups in total. The van der Waals surface area contributed by atoms with Gasteiger partial charge in [-0.3, -0.25) is 9.59 Å². The highest BCUT2D eigenvalue weighted by Gasteiger charge is 2.21. The Morgan fingerprint density at radius 3 is 1.90 bits per heavy atom. The monoisotopic (exact) mass is 418 g/mol. The van der Waals surface area contributed by atoms with E-state index in [0.717, 1.165) is 22.4 Å². The van der Waals surface area contributed by atoms with Gasteiger partial charge in [0.05, 0.1) is 17.0 Å². The first-order valence-electron chi connectivity index (χ1n) is 9.91. The summed E-state index contributed by atoms with van der Waals surface area (Å²) in [5, 5.41) is 5.64. The van der Waals surface area contributed by atoms with Crippen LogP contribution in [-0.2, 0) is 9.59 Å². The Labute approximate surface area is 182 Å². The number of anilines is 1. The molecule has 4 nitrogen and oxygen atoms in total. The topological polar surface area (TPSA) is 58.2 Å². The summed E-state index contributed by atoms with van der Waals surface area (Å²) in [5.41, 5.74) is 3.94. The fraction of sp³-hybridized carbons (Fsp3) is 0.200. The summed E-state index contributed by atoms with van der Waals surface area (Å²) >= 11 is 1.32. The predicted octanol–water partition coefficient (Wildman–Crippen LogP) is 4.96. The van der Waals surface area contributed by atoms with Crippen LogP contribution in [0.25, 0.3) is 0 Å². The van der Waals surface area contributed by atoms with E-state index in [0.29, 0.717) is 0 Å². The molecule has 0 radical (unpaired) electrons. The predicted molar refractivity (Wildman–Crippen MR) is 125 cm³/mol. The number of hydrogen-bond acceptors (Lipinski definition) is 3. The summed E-state index contributed by atoms with van der Waals surface area (Å²) in [7, 11) is 0. The van der Waals surface area contributed by atoms with Crippen LogP contribution in [0.15, 0.2) is 84.9 Å². The number of amides is 2. The van der Waals surface area contributed by atoms with Crippen LogP contribution in [0.5, 0.6) is 0 Å². The lowest BCUT2D eigenvalue weighted by Gasteiger charge is -2.22. The molecule has 3 aromatic rings. The molecular weight excluding hydrogens is 392 g/mol. The molecule has 0 heterocycles. The van der Waals surface area contributed by atoms with Gasteiger partial charge in [0.25, 0.3) is 0 Å². The van der Waals surface area contributed by atoms with Crippen molar-refractivity contribution in [3.63, 3.8) is 0 Å². The van der Waals surface area contributed by atoms with Crippen molar-refractivity contribution in [1.29, 1.82) is 0 Å². The van der Waals surface area contributed by atoms with Gasteiger partial charge >= 0.3 is 0 Å². The van der Waals surface area contributed by atoms with Crippen molar-refractivity contribution in [2.24, 2.45) is 0 Å². The van der Waals surface area contributed by atoms with Crippen LogP contribution in [0.3, 0.4) is 0 Å². The van der Waals surface area contributed by atoms with Crippen LogP contribution in [0.1, 0.15) is 29.7 Å². The van der Waals surface area contributed by atoms with Crippen LogP contribution in [0.4, 0.5) is 5.69 Å². The van der Waals surface area contributed by atoms with Crippen molar-refractivity contribution in [3.05, 3.63) is 102 Å². The van der Waals surface area contributed by atoms with Crippen LogP contribution in [0, 0.1) is 6.92 Å². The van der Waals surface area contributed by atoms with Gasteiger partial charge in [-0.25, -0.2) is 0 Å². The SMILES string of the molecule is Cc1ccc(NC(=O)CS[C@H](C)C(=O)NC(c2ccccc2)c2ccccc2)cc1. The number of nitrogens with one attached hydrogen (secondary N) is 2. The number of benzene rings is 3.